The summed E-state index contributed by atoms with van der Waals surface area (Å²) in [4.78, 5) is 4.48. The van der Waals surface area contributed by atoms with Crippen LogP contribution in [-0.2, 0) is 16.4 Å². The number of likely N-dealkylation sites (tertiary alicyclic amines) is 1. The molecule has 0 spiro atoms. The van der Waals surface area contributed by atoms with Gasteiger partial charge in [-0.2, -0.15) is 0 Å². The van der Waals surface area contributed by atoms with E-state index in [0.717, 1.165) is 53.2 Å². The predicted octanol–water partition coefficient (Wildman–Crippen LogP) is 3.63. The Morgan fingerprint density at radius 3 is 2.93 bits per heavy atom. The zero-order valence-electron chi connectivity index (χ0n) is 16.4. The third-order valence-corrected chi connectivity index (χ3v) is 8.02. The Labute approximate surface area is 173 Å². The lowest BCUT2D eigenvalue weighted by molar-refractivity contribution is 0.326. The maximum Gasteiger partial charge on any atom is 0.241 e. The molecule has 1 saturated heterocycles. The number of aromatic nitrogens is 1. The maximum atomic E-state index is 13.2. The highest BCUT2D eigenvalue weighted by molar-refractivity contribution is 7.89. The van der Waals surface area contributed by atoms with Gasteiger partial charge in [-0.3, -0.25) is 0 Å². The zero-order chi connectivity index (χ0) is 20.6. The van der Waals surface area contributed by atoms with Crippen LogP contribution in [0.3, 0.4) is 0 Å². The number of fused-ring (bicyclic) bond motifs is 1. The van der Waals surface area contributed by atoms with Crippen LogP contribution in [0.4, 0.5) is 4.39 Å². The van der Waals surface area contributed by atoms with Crippen molar-refractivity contribution >= 4 is 32.3 Å². The van der Waals surface area contributed by atoms with E-state index in [-0.39, 0.29) is 11.9 Å². The molecule has 1 N–H and O–H groups in total. The number of hydrogen-bond donors (Lipinski definition) is 1. The first kappa shape index (κ1) is 20.5. The standard InChI is InChI=1S/C20H24FN3O3S2/c1-13-10-20(14(2)28-13)29(25,26)23-16-7-9-24(12-16)8-3-4-18-17-6-5-15(21)11-19(17)27-22-18/h5-6,10-11,16,23H,3-4,7-9,12H2,1-2H3/t16-/m0/s1. The normalized spacial score (nSPS) is 18.1. The third kappa shape index (κ3) is 4.53. The Hall–Kier alpha value is -1.81. The molecule has 9 heteroatoms. The SMILES string of the molecule is Cc1cc(S(=O)(=O)N[C@H]2CCN(CCCc3noc4cc(F)ccc34)C2)c(C)s1. The second-order valence-corrected chi connectivity index (χ2v) is 10.7. The summed E-state index contributed by atoms with van der Waals surface area (Å²) in [5.74, 6) is -0.335. The number of hydrogen-bond acceptors (Lipinski definition) is 6. The van der Waals surface area contributed by atoms with Gasteiger partial charge in [0, 0.05) is 33.8 Å². The fraction of sp³-hybridized carbons (Fsp3) is 0.450. The molecule has 0 unspecified atom stereocenters. The van der Waals surface area contributed by atoms with Crippen molar-refractivity contribution in [1.82, 2.24) is 14.8 Å². The van der Waals surface area contributed by atoms with E-state index in [0.29, 0.717) is 17.0 Å². The number of rotatable bonds is 7. The van der Waals surface area contributed by atoms with Gasteiger partial charge in [0.25, 0.3) is 0 Å². The first-order valence-electron chi connectivity index (χ1n) is 9.67. The lowest BCUT2D eigenvalue weighted by Gasteiger charge is -2.16. The Kier molecular flexibility index (Phi) is 5.74. The summed E-state index contributed by atoms with van der Waals surface area (Å²) in [5.41, 5.74) is 1.30. The summed E-state index contributed by atoms with van der Waals surface area (Å²) in [6.07, 6.45) is 2.41. The first-order valence-corrected chi connectivity index (χ1v) is 12.0. The van der Waals surface area contributed by atoms with Crippen molar-refractivity contribution in [1.29, 1.82) is 0 Å². The van der Waals surface area contributed by atoms with E-state index in [4.69, 9.17) is 4.52 Å². The van der Waals surface area contributed by atoms with Gasteiger partial charge in [0.1, 0.15) is 5.82 Å². The Bertz CT molecular complexity index is 1120. The zero-order valence-corrected chi connectivity index (χ0v) is 18.1. The predicted molar refractivity (Wildman–Crippen MR) is 111 cm³/mol. The average Bonchev–Trinajstić information content (AvgIpc) is 3.34. The smallest absolute Gasteiger partial charge is 0.241 e. The van der Waals surface area contributed by atoms with Crippen LogP contribution < -0.4 is 4.72 Å². The molecule has 156 valence electrons. The van der Waals surface area contributed by atoms with Crippen LogP contribution >= 0.6 is 11.3 Å². The summed E-state index contributed by atoms with van der Waals surface area (Å²) in [7, 11) is -3.48. The molecular weight excluding hydrogens is 413 g/mol. The highest BCUT2D eigenvalue weighted by Gasteiger charge is 2.28. The second-order valence-electron chi connectivity index (χ2n) is 7.56. The molecule has 0 bridgehead atoms. The van der Waals surface area contributed by atoms with E-state index in [1.807, 2.05) is 13.8 Å². The van der Waals surface area contributed by atoms with Gasteiger partial charge in [0.15, 0.2) is 5.58 Å². The fourth-order valence-electron chi connectivity index (χ4n) is 3.90. The lowest BCUT2D eigenvalue weighted by Crippen LogP contribution is -2.37. The van der Waals surface area contributed by atoms with E-state index in [9.17, 15) is 12.8 Å². The van der Waals surface area contributed by atoms with Crippen molar-refractivity contribution in [2.24, 2.45) is 0 Å². The minimum Gasteiger partial charge on any atom is -0.356 e. The number of sulfonamides is 1. The molecule has 2 aromatic heterocycles. The van der Waals surface area contributed by atoms with Crippen molar-refractivity contribution in [2.75, 3.05) is 19.6 Å². The Morgan fingerprint density at radius 2 is 2.17 bits per heavy atom. The van der Waals surface area contributed by atoms with E-state index in [1.165, 1.54) is 23.5 Å². The summed E-state index contributed by atoms with van der Waals surface area (Å²) in [6, 6.07) is 6.13. The van der Waals surface area contributed by atoms with Gasteiger partial charge in [0.2, 0.25) is 10.0 Å². The average molecular weight is 438 g/mol. The van der Waals surface area contributed by atoms with Gasteiger partial charge in [-0.05, 0) is 64.4 Å². The molecule has 6 nitrogen and oxygen atoms in total. The first-order chi connectivity index (χ1) is 13.8. The molecule has 0 amide bonds. The summed E-state index contributed by atoms with van der Waals surface area (Å²) in [5, 5.41) is 4.90. The molecule has 4 rings (SSSR count). The molecule has 29 heavy (non-hydrogen) atoms. The van der Waals surface area contributed by atoms with Gasteiger partial charge >= 0.3 is 0 Å². The molecule has 1 atom stereocenters. The molecule has 3 heterocycles. The Balaban J connectivity index is 1.29. The maximum absolute atomic E-state index is 13.2. The molecule has 1 aromatic carbocycles. The van der Waals surface area contributed by atoms with Crippen molar-refractivity contribution < 1.29 is 17.3 Å². The van der Waals surface area contributed by atoms with E-state index >= 15 is 0 Å². The minimum atomic E-state index is -3.48. The third-order valence-electron chi connectivity index (χ3n) is 5.28. The molecule has 1 aliphatic rings. The number of thiophene rings is 1. The highest BCUT2D eigenvalue weighted by atomic mass is 32.2. The van der Waals surface area contributed by atoms with Crippen molar-refractivity contribution in [3.8, 4) is 0 Å². The van der Waals surface area contributed by atoms with Crippen molar-refractivity contribution in [2.45, 2.75) is 44.0 Å². The van der Waals surface area contributed by atoms with Gasteiger partial charge in [-0.15, -0.1) is 11.3 Å². The molecule has 3 aromatic rings. The largest absolute Gasteiger partial charge is 0.356 e. The minimum absolute atomic E-state index is 0.0736. The van der Waals surface area contributed by atoms with E-state index in [1.54, 1.807) is 12.1 Å². The van der Waals surface area contributed by atoms with Crippen molar-refractivity contribution in [3.63, 3.8) is 0 Å². The van der Waals surface area contributed by atoms with Crippen LogP contribution in [0.2, 0.25) is 0 Å². The number of benzene rings is 1. The summed E-state index contributed by atoms with van der Waals surface area (Å²) < 4.78 is 46.7. The molecule has 1 fully saturated rings. The monoisotopic (exact) mass is 437 g/mol. The van der Waals surface area contributed by atoms with Crippen LogP contribution in [0.5, 0.6) is 0 Å². The van der Waals surface area contributed by atoms with Crippen LogP contribution in [0.15, 0.2) is 33.7 Å². The Morgan fingerprint density at radius 1 is 1.34 bits per heavy atom. The second kappa shape index (κ2) is 8.14. The lowest BCUT2D eigenvalue weighted by atomic mass is 10.1. The number of halogens is 1. The van der Waals surface area contributed by atoms with E-state index < -0.39 is 10.0 Å². The van der Waals surface area contributed by atoms with E-state index in [2.05, 4.69) is 14.8 Å². The van der Waals surface area contributed by atoms with Gasteiger partial charge in [-0.25, -0.2) is 17.5 Å². The topological polar surface area (TPSA) is 75.4 Å². The fourth-order valence-corrected chi connectivity index (χ4v) is 6.72. The number of aryl methyl sites for hydroxylation is 3. The number of nitrogens with zero attached hydrogens (tertiary/aromatic N) is 2. The van der Waals surface area contributed by atoms with Gasteiger partial charge in [0.05, 0.1) is 10.6 Å². The molecular formula is C20H24FN3O3S2. The molecule has 1 aliphatic heterocycles. The van der Waals surface area contributed by atoms with Gasteiger partial charge in [-0.1, -0.05) is 5.16 Å². The van der Waals surface area contributed by atoms with Crippen LogP contribution in [-0.4, -0.2) is 44.2 Å². The quantitative estimate of drug-likeness (QED) is 0.611. The highest BCUT2D eigenvalue weighted by Crippen LogP contribution is 2.26. The van der Waals surface area contributed by atoms with Crippen LogP contribution in [0, 0.1) is 19.7 Å². The molecule has 0 aliphatic carbocycles. The molecule has 0 radical (unpaired) electrons. The number of nitrogens with one attached hydrogen (secondary N) is 1. The summed E-state index contributed by atoms with van der Waals surface area (Å²) in [6.45, 7) is 6.17. The van der Waals surface area contributed by atoms with Crippen LogP contribution in [0.1, 0.15) is 28.3 Å². The molecule has 0 saturated carbocycles. The van der Waals surface area contributed by atoms with Crippen molar-refractivity contribution in [3.05, 3.63) is 45.5 Å². The van der Waals surface area contributed by atoms with Gasteiger partial charge < -0.3 is 9.42 Å². The van der Waals surface area contributed by atoms with Crippen LogP contribution in [0.25, 0.3) is 11.0 Å². The summed E-state index contributed by atoms with van der Waals surface area (Å²) >= 11 is 1.50.